The van der Waals surface area contributed by atoms with E-state index in [1.807, 2.05) is 0 Å². The van der Waals surface area contributed by atoms with E-state index in [1.54, 1.807) is 11.6 Å². The highest BCUT2D eigenvalue weighted by Crippen LogP contribution is 2.12. The number of hydrogen-bond acceptors (Lipinski definition) is 3. The van der Waals surface area contributed by atoms with Crippen molar-refractivity contribution in [3.63, 3.8) is 0 Å². The summed E-state index contributed by atoms with van der Waals surface area (Å²) in [4.78, 5) is 0.168. The molecule has 0 aromatic carbocycles. The first-order valence-corrected chi connectivity index (χ1v) is 5.19. The van der Waals surface area contributed by atoms with Gasteiger partial charge in [-0.25, -0.2) is 13.1 Å². The Kier molecular flexibility index (Phi) is 2.74. The molecule has 0 unspecified atom stereocenters. The lowest BCUT2D eigenvalue weighted by Gasteiger charge is -1.96. The van der Waals surface area contributed by atoms with E-state index in [4.69, 9.17) is 5.11 Å². The van der Waals surface area contributed by atoms with Gasteiger partial charge >= 0.3 is 0 Å². The van der Waals surface area contributed by atoms with Crippen LogP contribution in [0.2, 0.25) is 0 Å². The lowest BCUT2D eigenvalue weighted by molar-refractivity contribution is 0.272. The van der Waals surface area contributed by atoms with Gasteiger partial charge in [0.15, 0.2) is 0 Å². The van der Waals surface area contributed by atoms with E-state index < -0.39 is 10.0 Å². The molecule has 0 radical (unpaired) electrons. The van der Waals surface area contributed by atoms with Gasteiger partial charge in [-0.15, -0.1) is 0 Å². The van der Waals surface area contributed by atoms with Crippen LogP contribution in [-0.4, -0.2) is 25.1 Å². The fourth-order valence-electron chi connectivity index (χ4n) is 0.999. The molecule has 0 saturated carbocycles. The van der Waals surface area contributed by atoms with Gasteiger partial charge < -0.3 is 9.67 Å². The molecule has 5 nitrogen and oxygen atoms in total. The van der Waals surface area contributed by atoms with Crippen molar-refractivity contribution in [2.24, 2.45) is 7.05 Å². The van der Waals surface area contributed by atoms with Crippen molar-refractivity contribution in [1.82, 2.24) is 9.29 Å². The van der Waals surface area contributed by atoms with E-state index in [1.165, 1.54) is 19.3 Å². The minimum absolute atomic E-state index is 0.168. The van der Waals surface area contributed by atoms with E-state index in [0.29, 0.717) is 5.69 Å². The summed E-state index contributed by atoms with van der Waals surface area (Å²) < 4.78 is 26.3. The number of nitrogens with one attached hydrogen (secondary N) is 1. The normalized spacial score (nSPS) is 11.9. The first-order chi connectivity index (χ1) is 6.01. The van der Waals surface area contributed by atoms with E-state index in [0.717, 1.165) is 0 Å². The Labute approximate surface area is 77.1 Å². The first-order valence-electron chi connectivity index (χ1n) is 3.71. The standard InChI is InChI=1S/C7H12N2O3S/c1-8-13(11,12)7-3-6(5-10)9(2)4-7/h3-4,8,10H,5H2,1-2H3. The summed E-state index contributed by atoms with van der Waals surface area (Å²) in [5, 5.41) is 8.83. The van der Waals surface area contributed by atoms with Crippen molar-refractivity contribution in [3.8, 4) is 0 Å². The zero-order chi connectivity index (χ0) is 10.1. The molecule has 1 aromatic heterocycles. The molecule has 0 aliphatic carbocycles. The van der Waals surface area contributed by atoms with Gasteiger partial charge in [-0.2, -0.15) is 0 Å². The number of aliphatic hydroxyl groups is 1. The lowest BCUT2D eigenvalue weighted by atomic mass is 10.5. The van der Waals surface area contributed by atoms with E-state index in [2.05, 4.69) is 4.72 Å². The number of nitrogens with zero attached hydrogens (tertiary/aromatic N) is 1. The van der Waals surface area contributed by atoms with Gasteiger partial charge in [0.1, 0.15) is 0 Å². The maximum atomic E-state index is 11.3. The molecule has 6 heteroatoms. The molecule has 0 atom stereocenters. The smallest absolute Gasteiger partial charge is 0.241 e. The molecule has 13 heavy (non-hydrogen) atoms. The Morgan fingerprint density at radius 3 is 2.62 bits per heavy atom. The van der Waals surface area contributed by atoms with E-state index >= 15 is 0 Å². The highest BCUT2D eigenvalue weighted by Gasteiger charge is 2.14. The van der Waals surface area contributed by atoms with Crippen LogP contribution >= 0.6 is 0 Å². The van der Waals surface area contributed by atoms with Crippen LogP contribution in [0.1, 0.15) is 5.69 Å². The molecule has 0 amide bonds. The van der Waals surface area contributed by atoms with Crippen LogP contribution in [0.4, 0.5) is 0 Å². The summed E-state index contributed by atoms with van der Waals surface area (Å²) >= 11 is 0. The third-order valence-electron chi connectivity index (χ3n) is 1.82. The molecule has 74 valence electrons. The minimum Gasteiger partial charge on any atom is -0.390 e. The fraction of sp³-hybridized carbons (Fsp3) is 0.429. The molecule has 1 heterocycles. The second-order valence-electron chi connectivity index (χ2n) is 2.64. The summed E-state index contributed by atoms with van der Waals surface area (Å²) in [7, 11) is -0.363. The Morgan fingerprint density at radius 1 is 1.62 bits per heavy atom. The maximum Gasteiger partial charge on any atom is 0.241 e. The van der Waals surface area contributed by atoms with Crippen LogP contribution in [-0.2, 0) is 23.7 Å². The molecule has 0 saturated heterocycles. The predicted molar refractivity (Wildman–Crippen MR) is 47.6 cm³/mol. The third kappa shape index (κ3) is 1.90. The van der Waals surface area contributed by atoms with E-state index in [-0.39, 0.29) is 11.5 Å². The fourth-order valence-corrected chi connectivity index (χ4v) is 1.82. The second kappa shape index (κ2) is 3.49. The van der Waals surface area contributed by atoms with Gasteiger partial charge in [0.25, 0.3) is 0 Å². The van der Waals surface area contributed by atoms with Gasteiger partial charge in [0, 0.05) is 18.9 Å². The van der Waals surface area contributed by atoms with Crippen LogP contribution in [0.3, 0.4) is 0 Å². The third-order valence-corrected chi connectivity index (χ3v) is 3.21. The zero-order valence-electron chi connectivity index (χ0n) is 7.48. The number of aliphatic hydroxyl groups excluding tert-OH is 1. The van der Waals surface area contributed by atoms with Crippen LogP contribution in [0, 0.1) is 0 Å². The lowest BCUT2D eigenvalue weighted by Crippen LogP contribution is -2.17. The van der Waals surface area contributed by atoms with Gasteiger partial charge in [-0.3, -0.25) is 0 Å². The van der Waals surface area contributed by atoms with Crippen molar-refractivity contribution in [2.75, 3.05) is 7.05 Å². The average molecular weight is 204 g/mol. The molecule has 0 spiro atoms. The number of aromatic nitrogens is 1. The number of aryl methyl sites for hydroxylation is 1. The SMILES string of the molecule is CNS(=O)(=O)c1cc(CO)n(C)c1. The summed E-state index contributed by atoms with van der Waals surface area (Å²) in [5.41, 5.74) is 0.564. The van der Waals surface area contributed by atoms with Gasteiger partial charge in [-0.1, -0.05) is 0 Å². The Balaban J connectivity index is 3.19. The van der Waals surface area contributed by atoms with Crippen LogP contribution < -0.4 is 4.72 Å². The molecule has 0 fully saturated rings. The highest BCUT2D eigenvalue weighted by atomic mass is 32.2. The molecule has 1 rings (SSSR count). The summed E-state index contributed by atoms with van der Waals surface area (Å²) in [5.74, 6) is 0. The van der Waals surface area contributed by atoms with Crippen LogP contribution in [0.25, 0.3) is 0 Å². The zero-order valence-corrected chi connectivity index (χ0v) is 8.30. The largest absolute Gasteiger partial charge is 0.390 e. The van der Waals surface area contributed by atoms with Gasteiger partial charge in [0.05, 0.1) is 11.5 Å². The van der Waals surface area contributed by atoms with Gasteiger partial charge in [-0.05, 0) is 13.1 Å². The maximum absolute atomic E-state index is 11.3. The predicted octanol–water partition coefficient (Wildman–Crippen LogP) is -0.575. The highest BCUT2D eigenvalue weighted by molar-refractivity contribution is 7.89. The monoisotopic (exact) mass is 204 g/mol. The van der Waals surface area contributed by atoms with Crippen molar-refractivity contribution in [1.29, 1.82) is 0 Å². The topological polar surface area (TPSA) is 71.3 Å². The number of sulfonamides is 1. The van der Waals surface area contributed by atoms with Crippen LogP contribution in [0.15, 0.2) is 17.2 Å². The summed E-state index contributed by atoms with van der Waals surface area (Å²) in [6.45, 7) is -0.171. The summed E-state index contributed by atoms with van der Waals surface area (Å²) in [6, 6.07) is 1.44. The molecule has 1 aromatic rings. The van der Waals surface area contributed by atoms with Crippen molar-refractivity contribution >= 4 is 10.0 Å². The summed E-state index contributed by atoms with van der Waals surface area (Å²) in [6.07, 6.45) is 1.46. The number of rotatable bonds is 3. The quantitative estimate of drug-likeness (QED) is 0.692. The Bertz CT molecular complexity index is 394. The van der Waals surface area contributed by atoms with Crippen molar-refractivity contribution < 1.29 is 13.5 Å². The molecular weight excluding hydrogens is 192 g/mol. The van der Waals surface area contributed by atoms with Gasteiger partial charge in [0.2, 0.25) is 10.0 Å². The molecule has 0 aliphatic heterocycles. The second-order valence-corrected chi connectivity index (χ2v) is 4.53. The Morgan fingerprint density at radius 2 is 2.23 bits per heavy atom. The molecule has 0 aliphatic rings. The average Bonchev–Trinajstić information content (AvgIpc) is 2.47. The van der Waals surface area contributed by atoms with E-state index in [9.17, 15) is 8.42 Å². The minimum atomic E-state index is -3.39. The number of hydrogen-bond donors (Lipinski definition) is 2. The Hall–Kier alpha value is -0.850. The van der Waals surface area contributed by atoms with Crippen molar-refractivity contribution in [2.45, 2.75) is 11.5 Å². The molecular formula is C7H12N2O3S. The van der Waals surface area contributed by atoms with Crippen molar-refractivity contribution in [3.05, 3.63) is 18.0 Å². The molecule has 2 N–H and O–H groups in total. The first kappa shape index (κ1) is 10.2. The molecule has 0 bridgehead atoms. The van der Waals surface area contributed by atoms with Crippen LogP contribution in [0.5, 0.6) is 0 Å².